The monoisotopic (exact) mass is 257 g/mol. The van der Waals surface area contributed by atoms with Gasteiger partial charge in [0.25, 0.3) is 0 Å². The van der Waals surface area contributed by atoms with Crippen molar-refractivity contribution in [1.29, 1.82) is 5.26 Å². The van der Waals surface area contributed by atoms with Crippen molar-refractivity contribution in [2.24, 2.45) is 0 Å². The fourth-order valence-corrected chi connectivity index (χ4v) is 1.22. The van der Waals surface area contributed by atoms with Crippen LogP contribution in [0.3, 0.4) is 0 Å². The molecule has 1 rings (SSSR count). The molecule has 0 atom stereocenters. The molecule has 0 aliphatic rings. The van der Waals surface area contributed by atoms with E-state index in [4.69, 9.17) is 15.1 Å². The van der Waals surface area contributed by atoms with Crippen LogP contribution in [0.5, 0.6) is 5.75 Å². The first-order chi connectivity index (χ1) is 9.02. The van der Waals surface area contributed by atoms with Crippen molar-refractivity contribution in [3.8, 4) is 11.8 Å². The van der Waals surface area contributed by atoms with Gasteiger partial charge in [0.1, 0.15) is 17.4 Å². The number of hydrogen-bond donors (Lipinski definition) is 1. The summed E-state index contributed by atoms with van der Waals surface area (Å²) >= 11 is 0. The number of nitrogens with zero attached hydrogens (tertiary/aromatic N) is 1. The number of carbonyl (C=O) groups excluding carboxylic acids is 1. The molecule has 0 saturated carbocycles. The summed E-state index contributed by atoms with van der Waals surface area (Å²) in [7, 11) is 0. The zero-order valence-corrected chi connectivity index (χ0v) is 10.2. The van der Waals surface area contributed by atoms with E-state index < -0.39 is 11.9 Å². The van der Waals surface area contributed by atoms with Crippen molar-refractivity contribution in [2.45, 2.75) is 6.92 Å². The van der Waals surface area contributed by atoms with Crippen LogP contribution in [0, 0.1) is 11.3 Å². The minimum atomic E-state index is -1.27. The molecule has 0 aliphatic heterocycles. The lowest BCUT2D eigenvalue weighted by Crippen LogP contribution is -2.00. The second-order valence-electron chi connectivity index (χ2n) is 3.52. The fraction of sp³-hybridized carbons (Fsp3) is 0.0714. The first kappa shape index (κ1) is 14.2. The second kappa shape index (κ2) is 6.77. The van der Waals surface area contributed by atoms with Gasteiger partial charge in [-0.15, -0.1) is 0 Å². The van der Waals surface area contributed by atoms with Crippen LogP contribution in [0.4, 0.5) is 0 Å². The van der Waals surface area contributed by atoms with Gasteiger partial charge in [-0.3, -0.25) is 4.79 Å². The van der Waals surface area contributed by atoms with Crippen LogP contribution in [-0.2, 0) is 9.59 Å². The lowest BCUT2D eigenvalue weighted by molar-refractivity contribution is -0.133. The molecule has 5 heteroatoms. The van der Waals surface area contributed by atoms with E-state index in [-0.39, 0.29) is 5.57 Å². The van der Waals surface area contributed by atoms with Crippen LogP contribution >= 0.6 is 0 Å². The summed E-state index contributed by atoms with van der Waals surface area (Å²) in [4.78, 5) is 21.3. The quantitative estimate of drug-likeness (QED) is 0.293. The van der Waals surface area contributed by atoms with Crippen molar-refractivity contribution < 1.29 is 19.4 Å². The number of carbonyl (C=O) groups is 2. The molecule has 0 radical (unpaired) electrons. The van der Waals surface area contributed by atoms with Crippen molar-refractivity contribution in [1.82, 2.24) is 0 Å². The lowest BCUT2D eigenvalue weighted by Gasteiger charge is -2.00. The van der Waals surface area contributed by atoms with Crippen molar-refractivity contribution in [3.63, 3.8) is 0 Å². The maximum Gasteiger partial charge on any atom is 0.346 e. The Labute approximate surface area is 110 Å². The molecule has 1 aromatic rings. The molecule has 1 N–H and O–H groups in total. The van der Waals surface area contributed by atoms with Crippen molar-refractivity contribution in [3.05, 3.63) is 47.6 Å². The Bertz CT molecular complexity index is 576. The molecular weight excluding hydrogens is 246 g/mol. The topological polar surface area (TPSA) is 87.4 Å². The molecule has 0 heterocycles. The normalized spacial score (nSPS) is 11.1. The van der Waals surface area contributed by atoms with Crippen LogP contribution in [-0.4, -0.2) is 17.0 Å². The lowest BCUT2D eigenvalue weighted by atomic mass is 10.2. The SMILES string of the molecule is CC(=O)Oc1ccc(C=CC=C(C#N)C(=O)O)cc1. The van der Waals surface area contributed by atoms with Gasteiger partial charge in [-0.1, -0.05) is 24.3 Å². The van der Waals surface area contributed by atoms with E-state index >= 15 is 0 Å². The Morgan fingerprint density at radius 1 is 1.32 bits per heavy atom. The molecule has 5 nitrogen and oxygen atoms in total. The predicted molar refractivity (Wildman–Crippen MR) is 68.1 cm³/mol. The molecule has 0 spiro atoms. The number of nitriles is 1. The van der Waals surface area contributed by atoms with Gasteiger partial charge >= 0.3 is 11.9 Å². The molecule has 0 unspecified atom stereocenters. The molecule has 0 fully saturated rings. The van der Waals surface area contributed by atoms with Gasteiger partial charge in [0.2, 0.25) is 0 Å². The third-order valence-corrected chi connectivity index (χ3v) is 2.04. The summed E-state index contributed by atoms with van der Waals surface area (Å²) in [6.45, 7) is 1.31. The van der Waals surface area contributed by atoms with E-state index in [0.717, 1.165) is 5.56 Å². The highest BCUT2D eigenvalue weighted by molar-refractivity contribution is 5.91. The number of rotatable bonds is 4. The molecule has 0 amide bonds. The maximum absolute atomic E-state index is 10.7. The molecule has 0 aromatic heterocycles. The fourth-order valence-electron chi connectivity index (χ4n) is 1.22. The third-order valence-electron chi connectivity index (χ3n) is 2.04. The second-order valence-corrected chi connectivity index (χ2v) is 3.52. The standard InChI is InChI=1S/C14H11NO4/c1-10(16)19-13-7-5-11(6-8-13)3-2-4-12(9-15)14(17)18/h2-8H,1H3,(H,17,18). The van der Waals surface area contributed by atoms with Gasteiger partial charge in [-0.05, 0) is 23.8 Å². The Hall–Kier alpha value is -2.87. The van der Waals surface area contributed by atoms with Gasteiger partial charge in [-0.25, -0.2) is 4.79 Å². The number of allylic oxidation sites excluding steroid dienone is 2. The van der Waals surface area contributed by atoms with E-state index in [9.17, 15) is 9.59 Å². The summed E-state index contributed by atoms with van der Waals surface area (Å²) in [5.41, 5.74) is 0.447. The Balaban J connectivity index is 2.76. The van der Waals surface area contributed by atoms with Crippen LogP contribution in [0.25, 0.3) is 6.08 Å². The first-order valence-corrected chi connectivity index (χ1v) is 5.33. The molecule has 19 heavy (non-hydrogen) atoms. The highest BCUT2D eigenvalue weighted by atomic mass is 16.5. The van der Waals surface area contributed by atoms with Crippen LogP contribution in [0.2, 0.25) is 0 Å². The highest BCUT2D eigenvalue weighted by Gasteiger charge is 2.02. The van der Waals surface area contributed by atoms with E-state index in [1.165, 1.54) is 19.1 Å². The van der Waals surface area contributed by atoms with Gasteiger partial charge in [0.15, 0.2) is 0 Å². The van der Waals surface area contributed by atoms with E-state index in [1.54, 1.807) is 36.4 Å². The molecule has 1 aromatic carbocycles. The Kier molecular flexibility index (Phi) is 5.05. The van der Waals surface area contributed by atoms with Gasteiger partial charge < -0.3 is 9.84 Å². The summed E-state index contributed by atoms with van der Waals surface area (Å²) in [6, 6.07) is 8.22. The van der Waals surface area contributed by atoms with Crippen molar-refractivity contribution >= 4 is 18.0 Å². The van der Waals surface area contributed by atoms with E-state index in [2.05, 4.69) is 0 Å². The van der Waals surface area contributed by atoms with E-state index in [1.807, 2.05) is 0 Å². The first-order valence-electron chi connectivity index (χ1n) is 5.33. The summed E-state index contributed by atoms with van der Waals surface area (Å²) in [5, 5.41) is 17.2. The van der Waals surface area contributed by atoms with E-state index in [0.29, 0.717) is 5.75 Å². The van der Waals surface area contributed by atoms with Crippen molar-refractivity contribution in [2.75, 3.05) is 0 Å². The Morgan fingerprint density at radius 2 is 1.95 bits per heavy atom. The average molecular weight is 257 g/mol. The number of ether oxygens (including phenoxy) is 1. The Morgan fingerprint density at radius 3 is 2.42 bits per heavy atom. The summed E-state index contributed by atoms with van der Waals surface area (Å²) in [5.74, 6) is -1.23. The van der Waals surface area contributed by atoms with Gasteiger partial charge in [0.05, 0.1) is 0 Å². The summed E-state index contributed by atoms with van der Waals surface area (Å²) < 4.78 is 4.87. The number of carboxylic acids is 1. The molecule has 0 aliphatic carbocycles. The number of esters is 1. The van der Waals surface area contributed by atoms with Gasteiger partial charge in [-0.2, -0.15) is 5.26 Å². The zero-order valence-electron chi connectivity index (χ0n) is 10.2. The van der Waals surface area contributed by atoms with Crippen LogP contribution in [0.15, 0.2) is 42.0 Å². The van der Waals surface area contributed by atoms with Crippen LogP contribution in [0.1, 0.15) is 12.5 Å². The number of benzene rings is 1. The predicted octanol–water partition coefficient (Wildman–Crippen LogP) is 2.16. The summed E-state index contributed by atoms with van der Waals surface area (Å²) in [6.07, 6.45) is 4.31. The number of hydrogen-bond acceptors (Lipinski definition) is 4. The highest BCUT2D eigenvalue weighted by Crippen LogP contribution is 2.13. The average Bonchev–Trinajstić information content (AvgIpc) is 2.35. The molecule has 96 valence electrons. The number of aliphatic carboxylic acids is 1. The number of carboxylic acid groups (broad SMARTS) is 1. The maximum atomic E-state index is 10.7. The molecule has 0 bridgehead atoms. The third kappa shape index (κ3) is 4.88. The minimum Gasteiger partial charge on any atom is -0.477 e. The smallest absolute Gasteiger partial charge is 0.346 e. The molecular formula is C14H11NO4. The zero-order chi connectivity index (χ0) is 14.3. The minimum absolute atomic E-state index is 0.340. The van der Waals surface area contributed by atoms with Gasteiger partial charge in [0, 0.05) is 6.92 Å². The van der Waals surface area contributed by atoms with Crippen LogP contribution < -0.4 is 4.74 Å². The largest absolute Gasteiger partial charge is 0.477 e. The molecule has 0 saturated heterocycles.